The number of amides is 2. The summed E-state index contributed by atoms with van der Waals surface area (Å²) in [6.45, 7) is 8.33. The van der Waals surface area contributed by atoms with Gasteiger partial charge in [0.05, 0.1) is 12.1 Å². The van der Waals surface area contributed by atoms with Crippen LogP contribution >= 0.6 is 11.6 Å². The van der Waals surface area contributed by atoms with Gasteiger partial charge in [-0.1, -0.05) is 74.8 Å². The number of nitrogens with one attached hydrogen (secondary N) is 1. The maximum absolute atomic E-state index is 13.2. The number of rotatable bonds is 11. The number of aldehydes is 1. The predicted molar refractivity (Wildman–Crippen MR) is 153 cm³/mol. The van der Waals surface area contributed by atoms with Crippen LogP contribution in [0.1, 0.15) is 76.0 Å². The van der Waals surface area contributed by atoms with Crippen molar-refractivity contribution < 1.29 is 14.3 Å². The Hall–Kier alpha value is -2.63. The van der Waals surface area contributed by atoms with Gasteiger partial charge in [0.25, 0.3) is 0 Å². The number of benzene rings is 2. The Balaban J connectivity index is 1.58. The zero-order valence-electron chi connectivity index (χ0n) is 23.0. The normalized spacial score (nSPS) is 21.5. The summed E-state index contributed by atoms with van der Waals surface area (Å²) in [5, 5.41) is 4.12. The van der Waals surface area contributed by atoms with Crippen molar-refractivity contribution in [3.8, 4) is 0 Å². The first-order valence-electron chi connectivity index (χ1n) is 13.9. The average Bonchev–Trinajstić information content (AvgIpc) is 2.89. The summed E-state index contributed by atoms with van der Waals surface area (Å²) in [5.41, 5.74) is 4.17. The van der Waals surface area contributed by atoms with Crippen LogP contribution in [0.3, 0.4) is 0 Å². The fourth-order valence-electron chi connectivity index (χ4n) is 5.65. The summed E-state index contributed by atoms with van der Waals surface area (Å²) >= 11 is 6.83. The maximum atomic E-state index is 13.2. The van der Waals surface area contributed by atoms with Crippen molar-refractivity contribution in [1.29, 1.82) is 0 Å². The van der Waals surface area contributed by atoms with Crippen LogP contribution in [-0.4, -0.2) is 30.4 Å². The van der Waals surface area contributed by atoms with Gasteiger partial charge in [0.15, 0.2) is 0 Å². The highest BCUT2D eigenvalue weighted by Gasteiger charge is 2.47. The van der Waals surface area contributed by atoms with Crippen LogP contribution in [0.15, 0.2) is 60.3 Å². The molecule has 1 heterocycles. The van der Waals surface area contributed by atoms with E-state index in [1.165, 1.54) is 5.57 Å². The number of ether oxygens (including phenoxy) is 1. The molecule has 0 radical (unpaired) electrons. The molecule has 0 spiro atoms. The van der Waals surface area contributed by atoms with E-state index in [9.17, 15) is 9.59 Å². The van der Waals surface area contributed by atoms with E-state index in [-0.39, 0.29) is 17.4 Å². The smallest absolute Gasteiger partial charge is 0.322 e. The summed E-state index contributed by atoms with van der Waals surface area (Å²) < 4.78 is 6.05. The van der Waals surface area contributed by atoms with Gasteiger partial charge in [-0.25, -0.2) is 4.79 Å². The van der Waals surface area contributed by atoms with Crippen molar-refractivity contribution in [3.05, 3.63) is 82.0 Å². The monoisotopic (exact) mass is 536 g/mol. The molecule has 4 rings (SSSR count). The third kappa shape index (κ3) is 6.86. The lowest BCUT2D eigenvalue weighted by Gasteiger charge is -2.49. The van der Waals surface area contributed by atoms with Crippen LogP contribution in [0.2, 0.25) is 5.02 Å². The number of fused-ring (bicyclic) bond motifs is 1. The second-order valence-corrected chi connectivity index (χ2v) is 12.3. The minimum absolute atomic E-state index is 0.162. The number of hydrogen-bond acceptors (Lipinski definition) is 3. The molecule has 1 N–H and O–H groups in total. The van der Waals surface area contributed by atoms with Crippen LogP contribution in [0.4, 0.5) is 4.79 Å². The van der Waals surface area contributed by atoms with Crippen molar-refractivity contribution in [2.45, 2.75) is 77.9 Å². The number of urea groups is 1. The highest BCUT2D eigenvalue weighted by atomic mass is 35.5. The summed E-state index contributed by atoms with van der Waals surface area (Å²) in [7, 11) is 0. The van der Waals surface area contributed by atoms with Gasteiger partial charge in [0.2, 0.25) is 0 Å². The first kappa shape index (κ1) is 28.4. The lowest BCUT2D eigenvalue weighted by atomic mass is 9.66. The van der Waals surface area contributed by atoms with E-state index < -0.39 is 5.54 Å². The molecule has 0 aromatic heterocycles. The second-order valence-electron chi connectivity index (χ2n) is 11.9. The molecule has 2 atom stereocenters. The molecular weight excluding hydrogens is 496 g/mol. The second kappa shape index (κ2) is 12.5. The Morgan fingerprint density at radius 2 is 1.97 bits per heavy atom. The van der Waals surface area contributed by atoms with Crippen molar-refractivity contribution in [3.63, 3.8) is 0 Å². The molecule has 1 aliphatic heterocycles. The van der Waals surface area contributed by atoms with E-state index in [0.29, 0.717) is 26.2 Å². The van der Waals surface area contributed by atoms with Crippen molar-refractivity contribution in [2.75, 3.05) is 13.2 Å². The molecule has 1 aliphatic carbocycles. The van der Waals surface area contributed by atoms with Crippen LogP contribution in [0.25, 0.3) is 0 Å². The van der Waals surface area contributed by atoms with Gasteiger partial charge in [0, 0.05) is 30.8 Å². The minimum Gasteiger partial charge on any atom is -0.377 e. The molecule has 2 amide bonds. The number of aryl methyl sites for hydroxylation is 1. The fourth-order valence-corrected chi connectivity index (χ4v) is 5.92. The molecule has 2 aliphatic rings. The van der Waals surface area contributed by atoms with Crippen LogP contribution in [-0.2, 0) is 28.1 Å². The Bertz CT molecular complexity index is 1140. The standard InChI is InChI=1S/C32H41ClN2O3/c1-31(2,3)17-14-26-12-13-27(21-29(26)33)32-16-7-11-25(15-20-38-23-24-9-5-4-6-10-24)28(32)22-35(18-8-19-36)30(37)34-32/h4-6,9-10,12-13,19,21-22,25H,7-8,11,14-18,20,23H2,1-3H3,(H,34,37). The molecule has 1 fully saturated rings. The number of halogens is 1. The van der Waals surface area contributed by atoms with Crippen LogP contribution < -0.4 is 5.32 Å². The van der Waals surface area contributed by atoms with Crippen molar-refractivity contribution in [2.24, 2.45) is 11.3 Å². The predicted octanol–water partition coefficient (Wildman–Crippen LogP) is 7.42. The average molecular weight is 537 g/mol. The topological polar surface area (TPSA) is 58.6 Å². The fraction of sp³-hybridized carbons (Fsp3) is 0.500. The van der Waals surface area contributed by atoms with Gasteiger partial charge in [0.1, 0.15) is 6.29 Å². The van der Waals surface area contributed by atoms with Crippen molar-refractivity contribution >= 4 is 23.9 Å². The molecule has 204 valence electrons. The summed E-state index contributed by atoms with van der Waals surface area (Å²) in [5.74, 6) is 0.262. The van der Waals surface area contributed by atoms with Crippen LogP contribution in [0.5, 0.6) is 0 Å². The Labute approximate surface area is 232 Å². The first-order chi connectivity index (χ1) is 18.2. The number of carbonyl (C=O) groups is 2. The molecule has 6 heteroatoms. The van der Waals surface area contributed by atoms with Gasteiger partial charge in [-0.05, 0) is 78.2 Å². The highest BCUT2D eigenvalue weighted by molar-refractivity contribution is 6.31. The maximum Gasteiger partial charge on any atom is 0.322 e. The van der Waals surface area contributed by atoms with E-state index in [1.807, 2.05) is 24.4 Å². The molecule has 38 heavy (non-hydrogen) atoms. The molecule has 0 bridgehead atoms. The molecule has 2 aromatic rings. The Morgan fingerprint density at radius 3 is 2.68 bits per heavy atom. The lowest BCUT2D eigenvalue weighted by Crippen LogP contribution is -2.58. The van der Waals surface area contributed by atoms with Crippen molar-refractivity contribution in [1.82, 2.24) is 10.2 Å². The minimum atomic E-state index is -0.594. The quantitative estimate of drug-likeness (QED) is 0.240. The summed E-state index contributed by atoms with van der Waals surface area (Å²) in [6, 6.07) is 16.4. The Kier molecular flexibility index (Phi) is 9.32. The molecule has 5 nitrogen and oxygen atoms in total. The van der Waals surface area contributed by atoms with Gasteiger partial charge in [-0.15, -0.1) is 0 Å². The van der Waals surface area contributed by atoms with Gasteiger partial charge in [-0.2, -0.15) is 0 Å². The van der Waals surface area contributed by atoms with E-state index in [1.54, 1.807) is 4.90 Å². The zero-order chi connectivity index (χ0) is 27.2. The third-order valence-corrected chi connectivity index (χ3v) is 8.17. The van der Waals surface area contributed by atoms with E-state index in [2.05, 4.69) is 56.4 Å². The number of nitrogens with zero attached hydrogens (tertiary/aromatic N) is 1. The lowest BCUT2D eigenvalue weighted by molar-refractivity contribution is -0.107. The number of carbonyl (C=O) groups excluding carboxylic acids is 2. The summed E-state index contributed by atoms with van der Waals surface area (Å²) in [6.07, 6.45) is 8.88. The summed E-state index contributed by atoms with van der Waals surface area (Å²) in [4.78, 5) is 25.9. The zero-order valence-corrected chi connectivity index (χ0v) is 23.7. The van der Waals surface area contributed by atoms with Gasteiger partial charge in [-0.3, -0.25) is 0 Å². The molecule has 2 aromatic carbocycles. The number of hydrogen-bond donors (Lipinski definition) is 1. The van der Waals surface area contributed by atoms with Gasteiger partial charge < -0.3 is 19.7 Å². The SMILES string of the molecule is CC(C)(C)CCc1ccc(C23CCCC(CCOCc4ccccc4)C2=CN(CCC=O)C(=O)N3)cc1Cl. The molecule has 1 saturated carbocycles. The van der Waals surface area contributed by atoms with Gasteiger partial charge >= 0.3 is 6.03 Å². The largest absolute Gasteiger partial charge is 0.377 e. The highest BCUT2D eigenvalue weighted by Crippen LogP contribution is 2.48. The molecule has 2 unspecified atom stereocenters. The van der Waals surface area contributed by atoms with E-state index in [0.717, 1.165) is 66.5 Å². The van der Waals surface area contributed by atoms with E-state index >= 15 is 0 Å². The third-order valence-electron chi connectivity index (χ3n) is 7.81. The molecule has 0 saturated heterocycles. The van der Waals surface area contributed by atoms with Crippen LogP contribution in [0, 0.1) is 11.3 Å². The first-order valence-corrected chi connectivity index (χ1v) is 14.2. The molecular formula is C32H41ClN2O3. The van der Waals surface area contributed by atoms with E-state index in [4.69, 9.17) is 16.3 Å². The Morgan fingerprint density at radius 1 is 1.18 bits per heavy atom.